The topological polar surface area (TPSA) is 101 Å². The van der Waals surface area contributed by atoms with Crippen LogP contribution < -0.4 is 19.1 Å². The van der Waals surface area contributed by atoms with Crippen molar-refractivity contribution in [1.29, 1.82) is 0 Å². The van der Waals surface area contributed by atoms with Gasteiger partial charge in [0.15, 0.2) is 11.5 Å². The molecule has 9 nitrogen and oxygen atoms in total. The fourth-order valence-electron chi connectivity index (χ4n) is 2.05. The lowest BCUT2D eigenvalue weighted by molar-refractivity contribution is -0.385. The molecule has 1 heterocycles. The Kier molecular flexibility index (Phi) is 6.36. The zero-order chi connectivity index (χ0) is 17.7. The number of hydrogen-bond acceptors (Lipinski definition) is 8. The van der Waals surface area contributed by atoms with Crippen molar-refractivity contribution in [1.82, 2.24) is 5.09 Å². The van der Waals surface area contributed by atoms with Crippen LogP contribution in [0.4, 0.5) is 5.69 Å². The Hall–Kier alpha value is -1.45. The second-order valence-corrected chi connectivity index (χ2v) is 8.13. The molecule has 0 radical (unpaired) electrons. The summed E-state index contributed by atoms with van der Waals surface area (Å²) in [6.07, 6.45) is 0.724. The lowest BCUT2D eigenvalue weighted by Crippen LogP contribution is -2.32. The average molecular weight is 378 g/mol. The van der Waals surface area contributed by atoms with Gasteiger partial charge < -0.3 is 23.3 Å². The largest absolute Gasteiger partial charge is 0.453 e. The predicted octanol–water partition coefficient (Wildman–Crippen LogP) is 2.59. The predicted molar refractivity (Wildman–Crippen MR) is 90.2 cm³/mol. The summed E-state index contributed by atoms with van der Waals surface area (Å²) in [5, 5.41) is 14.4. The van der Waals surface area contributed by atoms with Gasteiger partial charge in [0.05, 0.1) is 17.6 Å². The van der Waals surface area contributed by atoms with Gasteiger partial charge in [0.25, 0.3) is 0 Å². The number of hydrogen-bond donors (Lipinski definition) is 1. The monoisotopic (exact) mass is 378 g/mol. The third kappa shape index (κ3) is 4.34. The van der Waals surface area contributed by atoms with Gasteiger partial charge in [-0.1, -0.05) is 6.92 Å². The molecule has 0 spiro atoms. The van der Waals surface area contributed by atoms with Crippen molar-refractivity contribution in [2.75, 3.05) is 27.6 Å². The number of rotatable bonds is 9. The highest BCUT2D eigenvalue weighted by atomic mass is 32.5. The number of nitro benzene ring substituents is 1. The summed E-state index contributed by atoms with van der Waals surface area (Å²) in [6, 6.07) is 2.53. The first-order valence-electron chi connectivity index (χ1n) is 7.12. The maximum absolute atomic E-state index is 11.3. The summed E-state index contributed by atoms with van der Waals surface area (Å²) in [7, 11) is 2.97. The van der Waals surface area contributed by atoms with E-state index in [0.717, 1.165) is 6.42 Å². The number of fused-ring (bicyclic) bond motifs is 1. The van der Waals surface area contributed by atoms with E-state index in [1.807, 2.05) is 6.92 Å². The van der Waals surface area contributed by atoms with Crippen LogP contribution in [0.2, 0.25) is 0 Å². The van der Waals surface area contributed by atoms with Gasteiger partial charge in [-0.2, -0.15) is 0 Å². The second-order valence-electron chi connectivity index (χ2n) is 4.89. The van der Waals surface area contributed by atoms with Crippen LogP contribution in [0.25, 0.3) is 0 Å². The van der Waals surface area contributed by atoms with E-state index in [1.54, 1.807) is 7.11 Å². The molecule has 1 N–H and O–H groups in total. The van der Waals surface area contributed by atoms with E-state index in [-0.39, 0.29) is 24.3 Å². The zero-order valence-corrected chi connectivity index (χ0v) is 15.2. The van der Waals surface area contributed by atoms with Crippen LogP contribution in [0.5, 0.6) is 17.2 Å². The molecule has 2 atom stereocenters. The van der Waals surface area contributed by atoms with Gasteiger partial charge in [-0.3, -0.25) is 10.1 Å². The van der Waals surface area contributed by atoms with E-state index in [1.165, 1.54) is 19.2 Å². The van der Waals surface area contributed by atoms with Gasteiger partial charge in [-0.25, -0.2) is 5.09 Å². The van der Waals surface area contributed by atoms with Gasteiger partial charge in [0, 0.05) is 26.3 Å². The fourth-order valence-corrected chi connectivity index (χ4v) is 4.08. The molecule has 1 aromatic rings. The first-order valence-corrected chi connectivity index (χ1v) is 9.76. The summed E-state index contributed by atoms with van der Waals surface area (Å²) in [4.78, 5) is 10.7. The number of ether oxygens (including phenoxy) is 3. The molecule has 134 valence electrons. The Balaban J connectivity index is 2.29. The quantitative estimate of drug-likeness (QED) is 0.395. The molecule has 2 unspecified atom stereocenters. The fraction of sp³-hybridized carbons (Fsp3) is 0.538. The van der Waals surface area contributed by atoms with Crippen molar-refractivity contribution in [3.8, 4) is 17.2 Å². The summed E-state index contributed by atoms with van der Waals surface area (Å²) in [6.45, 7) is -0.654. The van der Waals surface area contributed by atoms with Gasteiger partial charge in [0.1, 0.15) is 0 Å². The van der Waals surface area contributed by atoms with Gasteiger partial charge in [0.2, 0.25) is 12.5 Å². The first kappa shape index (κ1) is 18.9. The van der Waals surface area contributed by atoms with Gasteiger partial charge in [-0.05, 0) is 18.2 Å². The average Bonchev–Trinajstić information content (AvgIpc) is 3.00. The molecular formula is C13H19N2O7PS. The van der Waals surface area contributed by atoms with Crippen LogP contribution in [0.3, 0.4) is 0 Å². The second kappa shape index (κ2) is 8.09. The van der Waals surface area contributed by atoms with Crippen molar-refractivity contribution in [2.45, 2.75) is 19.4 Å². The summed E-state index contributed by atoms with van der Waals surface area (Å²) >= 11 is 5.42. The van der Waals surface area contributed by atoms with E-state index in [9.17, 15) is 10.1 Å². The zero-order valence-electron chi connectivity index (χ0n) is 13.5. The normalized spacial score (nSPS) is 16.5. The maximum Gasteiger partial charge on any atom is 0.315 e. The third-order valence-electron chi connectivity index (χ3n) is 3.31. The molecule has 0 amide bonds. The number of nitro groups is 1. The number of nitrogens with zero attached hydrogens (tertiary/aromatic N) is 1. The third-order valence-corrected chi connectivity index (χ3v) is 5.90. The van der Waals surface area contributed by atoms with Crippen LogP contribution in [0.1, 0.15) is 13.3 Å². The van der Waals surface area contributed by atoms with Crippen LogP contribution in [-0.4, -0.2) is 38.6 Å². The molecule has 2 rings (SSSR count). The molecule has 1 aromatic carbocycles. The van der Waals surface area contributed by atoms with Crippen molar-refractivity contribution in [3.63, 3.8) is 0 Å². The van der Waals surface area contributed by atoms with E-state index in [2.05, 4.69) is 5.09 Å². The lowest BCUT2D eigenvalue weighted by Gasteiger charge is -2.26. The lowest BCUT2D eigenvalue weighted by atomic mass is 10.2. The Bertz CT molecular complexity index is 657. The minimum atomic E-state index is -3.01. The summed E-state index contributed by atoms with van der Waals surface area (Å²) in [5.74, 6) is 0.616. The molecule has 1 aliphatic rings. The molecule has 0 saturated carbocycles. The molecule has 0 aromatic heterocycles. The van der Waals surface area contributed by atoms with Crippen molar-refractivity contribution >= 4 is 24.1 Å². The smallest absolute Gasteiger partial charge is 0.315 e. The Morgan fingerprint density at radius 2 is 2.08 bits per heavy atom. The van der Waals surface area contributed by atoms with E-state index in [4.69, 9.17) is 35.1 Å². The molecule has 0 aliphatic carbocycles. The molecular weight excluding hydrogens is 359 g/mol. The minimum absolute atomic E-state index is 0.00161. The van der Waals surface area contributed by atoms with Crippen molar-refractivity contribution in [3.05, 3.63) is 22.2 Å². The highest BCUT2D eigenvalue weighted by molar-refractivity contribution is 8.09. The summed E-state index contributed by atoms with van der Waals surface area (Å²) in [5.41, 5.74) is -0.271. The molecule has 24 heavy (non-hydrogen) atoms. The SMILES string of the molecule is CCC(COC)NP(=S)(OC)Oc1cc2c(cc1[N+](=O)[O-])OCO2. The number of nitrogens with one attached hydrogen (secondary N) is 1. The van der Waals surface area contributed by atoms with Gasteiger partial charge in [-0.15, -0.1) is 0 Å². The maximum atomic E-state index is 11.3. The molecule has 11 heteroatoms. The minimum Gasteiger partial charge on any atom is -0.453 e. The Morgan fingerprint density at radius 1 is 1.42 bits per heavy atom. The first-order chi connectivity index (χ1) is 11.4. The molecule has 0 fully saturated rings. The van der Waals surface area contributed by atoms with Crippen LogP contribution in [0.15, 0.2) is 12.1 Å². The van der Waals surface area contributed by atoms with Crippen LogP contribution >= 0.6 is 6.64 Å². The highest BCUT2D eigenvalue weighted by Crippen LogP contribution is 2.50. The van der Waals surface area contributed by atoms with Crippen molar-refractivity contribution in [2.24, 2.45) is 0 Å². The summed E-state index contributed by atoms with van der Waals surface area (Å²) < 4.78 is 26.5. The Morgan fingerprint density at radius 3 is 2.62 bits per heavy atom. The van der Waals surface area contributed by atoms with Crippen LogP contribution in [0, 0.1) is 10.1 Å². The number of methoxy groups -OCH3 is 1. The highest BCUT2D eigenvalue weighted by Gasteiger charge is 2.30. The molecule has 0 bridgehead atoms. The Labute approximate surface area is 144 Å². The number of benzene rings is 1. The van der Waals surface area contributed by atoms with E-state index < -0.39 is 11.6 Å². The van der Waals surface area contributed by atoms with E-state index >= 15 is 0 Å². The van der Waals surface area contributed by atoms with Crippen molar-refractivity contribution < 1.29 is 28.2 Å². The van der Waals surface area contributed by atoms with Crippen LogP contribution in [-0.2, 0) is 21.1 Å². The standard InChI is InChI=1S/C13H19N2O7PS/c1-4-9(7-18-2)14-23(24,19-3)22-11-6-13-12(20-8-21-13)5-10(11)15(16)17/h5-6,9H,4,7-8H2,1-3H3,(H,14,24). The molecule has 0 saturated heterocycles. The molecule has 1 aliphatic heterocycles. The van der Waals surface area contributed by atoms with Gasteiger partial charge >= 0.3 is 12.3 Å². The van der Waals surface area contributed by atoms with E-state index in [0.29, 0.717) is 18.1 Å².